The lowest BCUT2D eigenvalue weighted by molar-refractivity contribution is -0.137. The van der Waals surface area contributed by atoms with Gasteiger partial charge in [-0.15, -0.1) is 11.3 Å². The Labute approximate surface area is 124 Å². The molecule has 112 valence electrons. The molecule has 0 bridgehead atoms. The van der Waals surface area contributed by atoms with Crippen LogP contribution >= 0.6 is 11.3 Å². The Balaban J connectivity index is 2.34. The van der Waals surface area contributed by atoms with Gasteiger partial charge in [0, 0.05) is 23.3 Å². The number of H-pyrrole nitrogens is 1. The molecule has 2 rings (SSSR count). The van der Waals surface area contributed by atoms with Crippen molar-refractivity contribution in [2.24, 2.45) is 0 Å². The van der Waals surface area contributed by atoms with Crippen LogP contribution in [0.4, 0.5) is 0 Å². The van der Waals surface area contributed by atoms with E-state index in [1.54, 1.807) is 17.5 Å². The highest BCUT2D eigenvalue weighted by atomic mass is 32.2. The summed E-state index contributed by atoms with van der Waals surface area (Å²) in [5.41, 5.74) is -0.665. The first-order valence-corrected chi connectivity index (χ1v) is 8.21. The molecule has 21 heavy (non-hydrogen) atoms. The van der Waals surface area contributed by atoms with Crippen molar-refractivity contribution in [2.75, 3.05) is 0 Å². The maximum atomic E-state index is 12.2. The Kier molecular flexibility index (Phi) is 4.56. The summed E-state index contributed by atoms with van der Waals surface area (Å²) in [6, 6.07) is 3.49. The molecule has 0 aliphatic carbocycles. The molecular weight excluding hydrogens is 316 g/mol. The standard InChI is InChI=1S/C12H12N2O5S2/c15-9-3-4-13-7-11(9)21(18,19)14-8(6-12(16)17)10-2-1-5-20-10/h1-5,7-8,14H,6H2,(H,13,15)(H,16,17). The summed E-state index contributed by atoms with van der Waals surface area (Å²) >= 11 is 1.24. The second-order valence-electron chi connectivity index (χ2n) is 4.16. The number of carboxylic acid groups (broad SMARTS) is 1. The molecule has 2 aromatic rings. The van der Waals surface area contributed by atoms with Crippen molar-refractivity contribution >= 4 is 27.3 Å². The fraction of sp³-hybridized carbons (Fsp3) is 0.167. The van der Waals surface area contributed by atoms with Crippen molar-refractivity contribution in [3.05, 3.63) is 51.1 Å². The lowest BCUT2D eigenvalue weighted by atomic mass is 10.2. The minimum absolute atomic E-state index is 0.412. The van der Waals surface area contributed by atoms with Crippen molar-refractivity contribution in [1.82, 2.24) is 9.71 Å². The normalized spacial score (nSPS) is 13.0. The van der Waals surface area contributed by atoms with Crippen LogP contribution in [0.5, 0.6) is 0 Å². The number of thiophene rings is 1. The van der Waals surface area contributed by atoms with Gasteiger partial charge in [0.25, 0.3) is 0 Å². The van der Waals surface area contributed by atoms with Gasteiger partial charge in [0.05, 0.1) is 12.5 Å². The van der Waals surface area contributed by atoms with Crippen LogP contribution in [0.25, 0.3) is 0 Å². The predicted molar refractivity (Wildman–Crippen MR) is 76.7 cm³/mol. The third-order valence-corrected chi connectivity index (χ3v) is 5.12. The van der Waals surface area contributed by atoms with Gasteiger partial charge in [0.2, 0.25) is 15.5 Å². The molecule has 1 unspecified atom stereocenters. The minimum Gasteiger partial charge on any atom is -0.481 e. The summed E-state index contributed by atoms with van der Waals surface area (Å²) in [7, 11) is -4.11. The molecule has 0 amide bonds. The number of carbonyl (C=O) groups is 1. The predicted octanol–water partition coefficient (Wildman–Crippen LogP) is 0.931. The fourth-order valence-electron chi connectivity index (χ4n) is 1.73. The SMILES string of the molecule is O=C(O)CC(NS(=O)(=O)c1c[nH]ccc1=O)c1cccs1. The summed E-state index contributed by atoms with van der Waals surface area (Å²) in [6.07, 6.45) is 1.97. The van der Waals surface area contributed by atoms with Crippen molar-refractivity contribution in [3.63, 3.8) is 0 Å². The number of aliphatic carboxylic acids is 1. The number of sulfonamides is 1. The number of carboxylic acids is 1. The van der Waals surface area contributed by atoms with E-state index in [9.17, 15) is 18.0 Å². The molecule has 7 nitrogen and oxygen atoms in total. The number of hydrogen-bond donors (Lipinski definition) is 3. The number of rotatable bonds is 6. The lowest BCUT2D eigenvalue weighted by Gasteiger charge is -2.15. The number of nitrogens with one attached hydrogen (secondary N) is 2. The smallest absolute Gasteiger partial charge is 0.305 e. The summed E-state index contributed by atoms with van der Waals surface area (Å²) in [5.74, 6) is -1.14. The molecular formula is C12H12N2O5S2. The molecule has 0 fully saturated rings. The number of aromatic amines is 1. The zero-order valence-corrected chi connectivity index (χ0v) is 12.3. The first-order valence-electron chi connectivity index (χ1n) is 5.85. The lowest BCUT2D eigenvalue weighted by Crippen LogP contribution is -2.32. The topological polar surface area (TPSA) is 116 Å². The van der Waals surface area contributed by atoms with Gasteiger partial charge in [0.15, 0.2) is 0 Å². The monoisotopic (exact) mass is 328 g/mol. The summed E-state index contributed by atoms with van der Waals surface area (Å²) in [6.45, 7) is 0. The van der Waals surface area contributed by atoms with E-state index in [1.807, 2.05) is 0 Å². The Morgan fingerprint density at radius 1 is 1.43 bits per heavy atom. The molecule has 0 aliphatic rings. The second-order valence-corrected chi connectivity index (χ2v) is 6.82. The zero-order valence-electron chi connectivity index (χ0n) is 10.6. The Morgan fingerprint density at radius 3 is 2.76 bits per heavy atom. The molecule has 0 radical (unpaired) electrons. The van der Waals surface area contributed by atoms with Crippen LogP contribution in [0.1, 0.15) is 17.3 Å². The molecule has 0 saturated carbocycles. The Morgan fingerprint density at radius 2 is 2.19 bits per heavy atom. The van der Waals surface area contributed by atoms with Crippen LogP contribution in [0.2, 0.25) is 0 Å². The van der Waals surface area contributed by atoms with E-state index < -0.39 is 38.8 Å². The highest BCUT2D eigenvalue weighted by Gasteiger charge is 2.25. The zero-order chi connectivity index (χ0) is 15.5. The number of aromatic nitrogens is 1. The second kappa shape index (κ2) is 6.20. The van der Waals surface area contributed by atoms with Crippen LogP contribution in [0, 0.1) is 0 Å². The number of hydrogen-bond acceptors (Lipinski definition) is 5. The third-order valence-electron chi connectivity index (χ3n) is 2.64. The molecule has 0 aliphatic heterocycles. The largest absolute Gasteiger partial charge is 0.481 e. The van der Waals surface area contributed by atoms with Gasteiger partial charge in [-0.25, -0.2) is 13.1 Å². The molecule has 9 heteroatoms. The molecule has 2 aromatic heterocycles. The molecule has 1 atom stereocenters. The van der Waals surface area contributed by atoms with Crippen LogP contribution < -0.4 is 10.2 Å². The average Bonchev–Trinajstić information content (AvgIpc) is 2.91. The van der Waals surface area contributed by atoms with Crippen LogP contribution in [-0.2, 0) is 14.8 Å². The molecule has 0 saturated heterocycles. The van der Waals surface area contributed by atoms with E-state index in [0.717, 1.165) is 12.3 Å². The summed E-state index contributed by atoms with van der Waals surface area (Å²) in [5, 5.41) is 10.6. The molecule has 2 heterocycles. The van der Waals surface area contributed by atoms with Crippen LogP contribution in [0.15, 0.2) is 45.7 Å². The molecule has 0 spiro atoms. The third kappa shape index (κ3) is 3.78. The minimum atomic E-state index is -4.11. The van der Waals surface area contributed by atoms with Crippen LogP contribution in [-0.4, -0.2) is 24.5 Å². The van der Waals surface area contributed by atoms with Gasteiger partial charge in [-0.3, -0.25) is 9.59 Å². The summed E-state index contributed by atoms with van der Waals surface area (Å²) < 4.78 is 26.7. The van der Waals surface area contributed by atoms with Crippen LogP contribution in [0.3, 0.4) is 0 Å². The Bertz CT molecular complexity index is 780. The van der Waals surface area contributed by atoms with Gasteiger partial charge < -0.3 is 10.1 Å². The fourth-order valence-corrected chi connectivity index (χ4v) is 3.85. The van der Waals surface area contributed by atoms with E-state index in [1.165, 1.54) is 17.5 Å². The maximum absolute atomic E-state index is 12.2. The highest BCUT2D eigenvalue weighted by molar-refractivity contribution is 7.89. The van der Waals surface area contributed by atoms with Gasteiger partial charge in [-0.2, -0.15) is 0 Å². The van der Waals surface area contributed by atoms with Crippen molar-refractivity contribution in [1.29, 1.82) is 0 Å². The first-order chi connectivity index (χ1) is 9.90. The molecule has 3 N–H and O–H groups in total. The molecule has 0 aromatic carbocycles. The van der Waals surface area contributed by atoms with Gasteiger partial charge in [0.1, 0.15) is 4.90 Å². The van der Waals surface area contributed by atoms with Gasteiger partial charge in [-0.1, -0.05) is 6.07 Å². The van der Waals surface area contributed by atoms with Crippen molar-refractivity contribution < 1.29 is 18.3 Å². The number of pyridine rings is 1. The van der Waals surface area contributed by atoms with Gasteiger partial charge in [-0.05, 0) is 11.4 Å². The van der Waals surface area contributed by atoms with E-state index in [-0.39, 0.29) is 0 Å². The van der Waals surface area contributed by atoms with E-state index in [0.29, 0.717) is 4.88 Å². The first kappa shape index (κ1) is 15.4. The van der Waals surface area contributed by atoms with E-state index in [2.05, 4.69) is 9.71 Å². The maximum Gasteiger partial charge on any atom is 0.305 e. The van der Waals surface area contributed by atoms with Crippen molar-refractivity contribution in [2.45, 2.75) is 17.4 Å². The summed E-state index contributed by atoms with van der Waals surface area (Å²) in [4.78, 5) is 25.1. The highest BCUT2D eigenvalue weighted by Crippen LogP contribution is 2.23. The van der Waals surface area contributed by atoms with E-state index in [4.69, 9.17) is 5.11 Å². The van der Waals surface area contributed by atoms with Gasteiger partial charge >= 0.3 is 5.97 Å². The van der Waals surface area contributed by atoms with Crippen molar-refractivity contribution in [3.8, 4) is 0 Å². The quantitative estimate of drug-likeness (QED) is 0.729. The van der Waals surface area contributed by atoms with E-state index >= 15 is 0 Å². The Hall–Kier alpha value is -1.97. The average molecular weight is 328 g/mol.